The number of fused-ring (bicyclic) bond motifs is 1. The van der Waals surface area contributed by atoms with Crippen molar-refractivity contribution in [3.8, 4) is 0 Å². The molecule has 29 heavy (non-hydrogen) atoms. The number of carboxylic acid groups (broad SMARTS) is 1. The molecule has 1 heterocycles. The Bertz CT molecular complexity index is 1170. The highest BCUT2D eigenvalue weighted by Gasteiger charge is 2.29. The van der Waals surface area contributed by atoms with Gasteiger partial charge in [-0.15, -0.1) is 0 Å². The number of carbonyl (C=O) groups is 1. The molecule has 0 amide bonds. The largest absolute Gasteiger partial charge is 0.475 e. The van der Waals surface area contributed by atoms with Gasteiger partial charge in [0.25, 0.3) is 0 Å². The van der Waals surface area contributed by atoms with E-state index in [0.717, 1.165) is 12.1 Å². The average Bonchev–Trinajstić information content (AvgIpc) is 2.98. The van der Waals surface area contributed by atoms with Crippen LogP contribution in [0.25, 0.3) is 11.0 Å². The van der Waals surface area contributed by atoms with E-state index >= 15 is 0 Å². The van der Waals surface area contributed by atoms with Gasteiger partial charge in [0.2, 0.25) is 15.8 Å². The maximum atomic E-state index is 12.6. The quantitative estimate of drug-likeness (QED) is 0.620. The highest BCUT2D eigenvalue weighted by Crippen LogP contribution is 2.29. The van der Waals surface area contributed by atoms with Crippen LogP contribution in [0.4, 0.5) is 13.2 Å². The number of aryl methyl sites for hydroxylation is 1. The Kier molecular flexibility index (Phi) is 5.42. The fourth-order valence-corrected chi connectivity index (χ4v) is 3.90. The molecule has 3 aromatic rings. The first-order valence-corrected chi connectivity index (χ1v) is 9.89. The number of rotatable bonds is 6. The third-order valence-corrected chi connectivity index (χ3v) is 5.86. The zero-order chi connectivity index (χ0) is 21.4. The fourth-order valence-electron chi connectivity index (χ4n) is 2.84. The first-order valence-electron chi connectivity index (χ1n) is 8.41. The van der Waals surface area contributed by atoms with Gasteiger partial charge in [0.05, 0.1) is 10.5 Å². The number of halogens is 3. The molecule has 1 aromatic heterocycles. The molecule has 0 bridgehead atoms. The van der Waals surface area contributed by atoms with E-state index in [4.69, 9.17) is 9.52 Å². The number of carboxylic acids is 1. The molecule has 154 valence electrons. The van der Waals surface area contributed by atoms with Crippen LogP contribution in [-0.2, 0) is 22.6 Å². The molecule has 10 heteroatoms. The SMILES string of the molecule is Cc1c(C(=O)O)oc2ccc(S(=O)(=O)NCCc3ccc(C(F)(F)F)cc3)cc12. The van der Waals surface area contributed by atoms with Gasteiger partial charge in [-0.05, 0) is 49.2 Å². The molecule has 0 atom stereocenters. The minimum absolute atomic E-state index is 0.0174. The summed E-state index contributed by atoms with van der Waals surface area (Å²) < 4.78 is 70.3. The van der Waals surface area contributed by atoms with Crippen LogP contribution in [0.5, 0.6) is 0 Å². The summed E-state index contributed by atoms with van der Waals surface area (Å²) >= 11 is 0. The van der Waals surface area contributed by atoms with Gasteiger partial charge >= 0.3 is 12.1 Å². The molecule has 0 aliphatic carbocycles. The molecule has 0 aliphatic rings. The summed E-state index contributed by atoms with van der Waals surface area (Å²) in [7, 11) is -3.90. The molecule has 0 fully saturated rings. The van der Waals surface area contributed by atoms with Crippen molar-refractivity contribution in [3.63, 3.8) is 0 Å². The van der Waals surface area contributed by atoms with Gasteiger partial charge in [-0.25, -0.2) is 17.9 Å². The summed E-state index contributed by atoms with van der Waals surface area (Å²) in [5, 5.41) is 9.46. The maximum Gasteiger partial charge on any atom is 0.416 e. The smallest absolute Gasteiger partial charge is 0.416 e. The second-order valence-corrected chi connectivity index (χ2v) is 8.13. The molecule has 0 saturated heterocycles. The van der Waals surface area contributed by atoms with Crippen molar-refractivity contribution in [2.75, 3.05) is 6.54 Å². The van der Waals surface area contributed by atoms with Crippen LogP contribution in [0.15, 0.2) is 51.8 Å². The van der Waals surface area contributed by atoms with E-state index < -0.39 is 27.7 Å². The van der Waals surface area contributed by atoms with Crippen molar-refractivity contribution < 1.29 is 35.9 Å². The predicted molar refractivity (Wildman–Crippen MR) is 98.2 cm³/mol. The molecule has 0 unspecified atom stereocenters. The number of hydrogen-bond donors (Lipinski definition) is 2. The predicted octanol–water partition coefficient (Wildman–Crippen LogP) is 3.98. The first-order chi connectivity index (χ1) is 13.5. The van der Waals surface area contributed by atoms with Gasteiger partial charge in [-0.2, -0.15) is 13.2 Å². The third-order valence-electron chi connectivity index (χ3n) is 4.40. The molecule has 3 rings (SSSR count). The summed E-state index contributed by atoms with van der Waals surface area (Å²) in [6.45, 7) is 1.50. The number of alkyl halides is 3. The van der Waals surface area contributed by atoms with Gasteiger partial charge in [-0.1, -0.05) is 12.1 Å². The van der Waals surface area contributed by atoms with Crippen LogP contribution in [0.1, 0.15) is 27.2 Å². The lowest BCUT2D eigenvalue weighted by atomic mass is 10.1. The Morgan fingerprint density at radius 3 is 2.38 bits per heavy atom. The van der Waals surface area contributed by atoms with Crippen molar-refractivity contribution in [2.45, 2.75) is 24.4 Å². The molecule has 2 aromatic carbocycles. The topological polar surface area (TPSA) is 96.6 Å². The van der Waals surface area contributed by atoms with Crippen molar-refractivity contribution in [1.29, 1.82) is 0 Å². The van der Waals surface area contributed by atoms with Crippen LogP contribution < -0.4 is 4.72 Å². The van der Waals surface area contributed by atoms with Crippen LogP contribution in [-0.4, -0.2) is 26.0 Å². The zero-order valence-electron chi connectivity index (χ0n) is 15.1. The van der Waals surface area contributed by atoms with Crippen molar-refractivity contribution in [1.82, 2.24) is 4.72 Å². The van der Waals surface area contributed by atoms with E-state index in [1.54, 1.807) is 0 Å². The van der Waals surface area contributed by atoms with E-state index in [-0.39, 0.29) is 29.2 Å². The highest BCUT2D eigenvalue weighted by atomic mass is 32.2. The zero-order valence-corrected chi connectivity index (χ0v) is 15.9. The second-order valence-electron chi connectivity index (χ2n) is 6.36. The van der Waals surface area contributed by atoms with Gasteiger partial charge in [0.1, 0.15) is 5.58 Å². The van der Waals surface area contributed by atoms with E-state index in [1.165, 1.54) is 37.3 Å². The number of hydrogen-bond acceptors (Lipinski definition) is 4. The van der Waals surface area contributed by atoms with Gasteiger partial charge < -0.3 is 9.52 Å². The lowest BCUT2D eigenvalue weighted by Gasteiger charge is -2.09. The molecule has 2 N–H and O–H groups in total. The molecule has 0 aliphatic heterocycles. The van der Waals surface area contributed by atoms with Crippen molar-refractivity contribution in [2.24, 2.45) is 0 Å². The van der Waals surface area contributed by atoms with Crippen LogP contribution in [0.3, 0.4) is 0 Å². The molecule has 0 saturated carbocycles. The lowest BCUT2D eigenvalue weighted by Crippen LogP contribution is -2.26. The highest BCUT2D eigenvalue weighted by molar-refractivity contribution is 7.89. The molecular weight excluding hydrogens is 411 g/mol. The maximum absolute atomic E-state index is 12.6. The number of nitrogens with one attached hydrogen (secondary N) is 1. The summed E-state index contributed by atoms with van der Waals surface area (Å²) in [6.07, 6.45) is -4.22. The van der Waals surface area contributed by atoms with Crippen LogP contribution >= 0.6 is 0 Å². The van der Waals surface area contributed by atoms with E-state index in [9.17, 15) is 26.4 Å². The normalized spacial score (nSPS) is 12.4. The number of aromatic carboxylic acids is 1. The van der Waals surface area contributed by atoms with Crippen LogP contribution in [0, 0.1) is 6.92 Å². The van der Waals surface area contributed by atoms with E-state index in [1.807, 2.05) is 0 Å². The van der Waals surface area contributed by atoms with Crippen LogP contribution in [0.2, 0.25) is 0 Å². The van der Waals surface area contributed by atoms with Crippen molar-refractivity contribution >= 4 is 27.0 Å². The van der Waals surface area contributed by atoms with Crippen molar-refractivity contribution in [3.05, 3.63) is 64.9 Å². The molecule has 6 nitrogen and oxygen atoms in total. The Balaban J connectivity index is 1.72. The average molecular weight is 427 g/mol. The number of benzene rings is 2. The Hall–Kier alpha value is -2.85. The summed E-state index contributed by atoms with van der Waals surface area (Å²) in [6, 6.07) is 8.47. The van der Waals surface area contributed by atoms with E-state index in [2.05, 4.69) is 4.72 Å². The Labute approximate surface area is 164 Å². The van der Waals surface area contributed by atoms with E-state index in [0.29, 0.717) is 16.5 Å². The minimum atomic E-state index is -4.43. The number of furan rings is 1. The summed E-state index contributed by atoms with van der Waals surface area (Å²) in [4.78, 5) is 11.1. The summed E-state index contributed by atoms with van der Waals surface area (Å²) in [5.41, 5.74) is 0.345. The second kappa shape index (κ2) is 7.53. The first kappa shape index (κ1) is 20.9. The van der Waals surface area contributed by atoms with Gasteiger partial charge in [0.15, 0.2) is 0 Å². The summed E-state index contributed by atoms with van der Waals surface area (Å²) in [5.74, 6) is -1.51. The molecule has 0 radical (unpaired) electrons. The standard InChI is InChI=1S/C19H16F3NO5S/c1-11-15-10-14(6-7-16(15)28-17(11)18(24)25)29(26,27)23-9-8-12-2-4-13(5-3-12)19(20,21)22/h2-7,10,23H,8-9H2,1H3,(H,24,25). The minimum Gasteiger partial charge on any atom is -0.475 e. The van der Waals surface area contributed by atoms with Gasteiger partial charge in [-0.3, -0.25) is 0 Å². The Morgan fingerprint density at radius 2 is 1.79 bits per heavy atom. The Morgan fingerprint density at radius 1 is 1.14 bits per heavy atom. The number of sulfonamides is 1. The molecular formula is C19H16F3NO5S. The monoisotopic (exact) mass is 427 g/mol. The lowest BCUT2D eigenvalue weighted by molar-refractivity contribution is -0.137. The fraction of sp³-hybridized carbons (Fsp3) is 0.211. The van der Waals surface area contributed by atoms with Gasteiger partial charge in [0, 0.05) is 17.5 Å². The molecule has 0 spiro atoms. The third kappa shape index (κ3) is 4.43.